The first-order valence-corrected chi connectivity index (χ1v) is 11.2. The molecule has 5 nitrogen and oxygen atoms in total. The summed E-state index contributed by atoms with van der Waals surface area (Å²) in [6, 6.07) is 15.0. The van der Waals surface area contributed by atoms with Crippen molar-refractivity contribution in [1.82, 2.24) is 0 Å². The zero-order valence-corrected chi connectivity index (χ0v) is 18.8. The second-order valence-corrected chi connectivity index (χ2v) is 8.40. The molecule has 0 amide bonds. The van der Waals surface area contributed by atoms with Crippen molar-refractivity contribution in [3.63, 3.8) is 0 Å². The van der Waals surface area contributed by atoms with E-state index in [-0.39, 0.29) is 17.0 Å². The highest BCUT2D eigenvalue weighted by molar-refractivity contribution is 8.14. The number of nitrogen functional groups attached to an aromatic ring is 1. The van der Waals surface area contributed by atoms with Gasteiger partial charge in [-0.15, -0.1) is 23.1 Å². The molecular weight excluding hydrogens is 414 g/mol. The number of nitrogens with two attached hydrogens (primary N) is 1. The zero-order valence-electron chi connectivity index (χ0n) is 17.1. The van der Waals surface area contributed by atoms with Gasteiger partial charge in [-0.25, -0.2) is 4.99 Å². The number of anilines is 1. The molecule has 1 aromatic heterocycles. The van der Waals surface area contributed by atoms with Crippen LogP contribution in [0.5, 0.6) is 5.75 Å². The van der Waals surface area contributed by atoms with Crippen molar-refractivity contribution in [3.05, 3.63) is 74.5 Å². The lowest BCUT2D eigenvalue weighted by Crippen LogP contribution is -2.03. The van der Waals surface area contributed by atoms with Crippen molar-refractivity contribution >= 4 is 45.3 Å². The molecule has 3 aromatic rings. The Morgan fingerprint density at radius 1 is 1.17 bits per heavy atom. The number of para-hydroxylation sites is 1. The highest BCUT2D eigenvalue weighted by atomic mass is 32.2. The summed E-state index contributed by atoms with van der Waals surface area (Å²) in [5, 5.41) is 10.4. The Morgan fingerprint density at radius 3 is 2.43 bits per heavy atom. The largest absolute Gasteiger partial charge is 0.497 e. The molecule has 0 aliphatic rings. The monoisotopic (exact) mass is 435 g/mol. The SMILES string of the molecule is COc1cccc(C(=O)c2sc(C(=Nc3c(C)cccc3C)SC)c(C#N)c2N)c1. The predicted octanol–water partition coefficient (Wildman–Crippen LogP) is 5.50. The highest BCUT2D eigenvalue weighted by Gasteiger charge is 2.25. The summed E-state index contributed by atoms with van der Waals surface area (Å²) in [5.74, 6) is 0.338. The molecule has 3 rings (SSSR count). The highest BCUT2D eigenvalue weighted by Crippen LogP contribution is 2.36. The van der Waals surface area contributed by atoms with Gasteiger partial charge in [-0.1, -0.05) is 30.3 Å². The molecule has 0 aliphatic heterocycles. The fourth-order valence-corrected chi connectivity index (χ4v) is 4.90. The van der Waals surface area contributed by atoms with Crippen molar-refractivity contribution in [3.8, 4) is 11.8 Å². The maximum Gasteiger partial charge on any atom is 0.205 e. The average Bonchev–Trinajstić information content (AvgIpc) is 3.09. The van der Waals surface area contributed by atoms with Gasteiger partial charge >= 0.3 is 0 Å². The third-order valence-electron chi connectivity index (χ3n) is 4.64. The number of thioether (sulfide) groups is 1. The number of aliphatic imine (C=N–C) groups is 1. The molecule has 30 heavy (non-hydrogen) atoms. The van der Waals surface area contributed by atoms with Gasteiger partial charge in [-0.2, -0.15) is 5.26 Å². The summed E-state index contributed by atoms with van der Waals surface area (Å²) in [5.41, 5.74) is 10.1. The number of ether oxygens (including phenoxy) is 1. The molecule has 0 aliphatic carbocycles. The lowest BCUT2D eigenvalue weighted by atomic mass is 10.1. The summed E-state index contributed by atoms with van der Waals surface area (Å²) in [6.45, 7) is 3.99. The van der Waals surface area contributed by atoms with Crippen LogP contribution in [0.2, 0.25) is 0 Å². The lowest BCUT2D eigenvalue weighted by molar-refractivity contribution is 0.104. The van der Waals surface area contributed by atoms with Gasteiger partial charge in [-0.05, 0) is 43.4 Å². The number of benzene rings is 2. The molecule has 2 aromatic carbocycles. The van der Waals surface area contributed by atoms with Gasteiger partial charge in [0.1, 0.15) is 21.7 Å². The van der Waals surface area contributed by atoms with E-state index < -0.39 is 0 Å². The van der Waals surface area contributed by atoms with Crippen LogP contribution in [0.15, 0.2) is 47.5 Å². The Balaban J connectivity index is 2.13. The van der Waals surface area contributed by atoms with E-state index >= 15 is 0 Å². The fourth-order valence-electron chi connectivity index (χ4n) is 3.04. The van der Waals surface area contributed by atoms with Gasteiger partial charge in [-0.3, -0.25) is 4.79 Å². The van der Waals surface area contributed by atoms with E-state index in [1.165, 1.54) is 23.1 Å². The predicted molar refractivity (Wildman–Crippen MR) is 126 cm³/mol. The van der Waals surface area contributed by atoms with E-state index in [9.17, 15) is 10.1 Å². The molecule has 0 bridgehead atoms. The smallest absolute Gasteiger partial charge is 0.205 e. The zero-order chi connectivity index (χ0) is 21.8. The molecule has 0 unspecified atom stereocenters. The Hall–Kier alpha value is -3.08. The van der Waals surface area contributed by atoms with Gasteiger partial charge in [0.15, 0.2) is 0 Å². The number of carbonyl (C=O) groups excluding carboxylic acids is 1. The standard InChI is InChI=1S/C23H21N3O2S2/c1-13-7-5-8-14(2)19(13)26-23(29-4)21-17(12-24)18(25)22(30-21)20(27)15-9-6-10-16(11-15)28-3/h5-11H,25H2,1-4H3. The van der Waals surface area contributed by atoms with Gasteiger partial charge in [0.2, 0.25) is 5.78 Å². The second-order valence-electron chi connectivity index (χ2n) is 6.58. The topological polar surface area (TPSA) is 88.5 Å². The quantitative estimate of drug-likeness (QED) is 0.325. The summed E-state index contributed by atoms with van der Waals surface area (Å²) in [6.07, 6.45) is 1.90. The molecule has 0 saturated heterocycles. The number of hydrogen-bond donors (Lipinski definition) is 1. The van der Waals surface area contributed by atoms with Crippen LogP contribution in [0.4, 0.5) is 11.4 Å². The summed E-state index contributed by atoms with van der Waals surface area (Å²) in [7, 11) is 1.55. The van der Waals surface area contributed by atoms with Crippen LogP contribution < -0.4 is 10.5 Å². The number of nitrogens with zero attached hydrogens (tertiary/aromatic N) is 2. The minimum Gasteiger partial charge on any atom is -0.497 e. The Kier molecular flexibility index (Phi) is 6.60. The first-order chi connectivity index (χ1) is 14.4. The first-order valence-electron chi connectivity index (χ1n) is 9.11. The molecule has 0 spiro atoms. The third-order valence-corrected chi connectivity index (χ3v) is 6.66. The number of aryl methyl sites for hydroxylation is 2. The maximum atomic E-state index is 13.1. The van der Waals surface area contributed by atoms with E-state index in [1.807, 2.05) is 38.3 Å². The van der Waals surface area contributed by atoms with E-state index in [1.54, 1.807) is 31.4 Å². The number of methoxy groups -OCH3 is 1. The van der Waals surface area contributed by atoms with Crippen molar-refractivity contribution in [1.29, 1.82) is 5.26 Å². The van der Waals surface area contributed by atoms with Crippen LogP contribution in [0.25, 0.3) is 0 Å². The molecule has 2 N–H and O–H groups in total. The summed E-state index contributed by atoms with van der Waals surface area (Å²) < 4.78 is 5.21. The molecular formula is C23H21N3O2S2. The normalized spacial score (nSPS) is 11.2. The molecule has 0 radical (unpaired) electrons. The van der Waals surface area contributed by atoms with Crippen molar-refractivity contribution in [2.24, 2.45) is 4.99 Å². The van der Waals surface area contributed by atoms with Crippen LogP contribution in [0, 0.1) is 25.2 Å². The lowest BCUT2D eigenvalue weighted by Gasteiger charge is -2.07. The third kappa shape index (κ3) is 4.11. The Labute approximate surface area is 184 Å². The fraction of sp³-hybridized carbons (Fsp3) is 0.174. The number of thiophene rings is 1. The van der Waals surface area contributed by atoms with Crippen LogP contribution in [-0.2, 0) is 0 Å². The van der Waals surface area contributed by atoms with Crippen molar-refractivity contribution in [2.75, 3.05) is 19.1 Å². The van der Waals surface area contributed by atoms with E-state index in [4.69, 9.17) is 15.5 Å². The summed E-state index contributed by atoms with van der Waals surface area (Å²) in [4.78, 5) is 18.9. The van der Waals surface area contributed by atoms with Gasteiger partial charge in [0.05, 0.1) is 28.9 Å². The average molecular weight is 436 g/mol. The Morgan fingerprint density at radius 2 is 1.83 bits per heavy atom. The molecule has 7 heteroatoms. The molecule has 1 heterocycles. The van der Waals surface area contributed by atoms with Crippen LogP contribution in [-0.4, -0.2) is 24.2 Å². The van der Waals surface area contributed by atoms with E-state index in [0.29, 0.717) is 26.1 Å². The minimum absolute atomic E-state index is 0.188. The molecule has 0 atom stereocenters. The summed E-state index contributed by atoms with van der Waals surface area (Å²) >= 11 is 2.62. The van der Waals surface area contributed by atoms with Crippen molar-refractivity contribution in [2.45, 2.75) is 13.8 Å². The number of rotatable bonds is 5. The molecule has 0 fully saturated rings. The molecule has 152 valence electrons. The first kappa shape index (κ1) is 21.6. The number of nitriles is 1. The van der Waals surface area contributed by atoms with Crippen molar-refractivity contribution < 1.29 is 9.53 Å². The maximum absolute atomic E-state index is 13.1. The second kappa shape index (κ2) is 9.16. The number of hydrogen-bond acceptors (Lipinski definition) is 7. The van der Waals surface area contributed by atoms with Gasteiger partial charge in [0.25, 0.3) is 0 Å². The van der Waals surface area contributed by atoms with Crippen LogP contribution in [0.3, 0.4) is 0 Å². The van der Waals surface area contributed by atoms with Crippen LogP contribution in [0.1, 0.15) is 36.8 Å². The molecule has 0 saturated carbocycles. The minimum atomic E-state index is -0.244. The van der Waals surface area contributed by atoms with E-state index in [0.717, 1.165) is 16.8 Å². The van der Waals surface area contributed by atoms with Gasteiger partial charge < -0.3 is 10.5 Å². The van der Waals surface area contributed by atoms with E-state index in [2.05, 4.69) is 6.07 Å². The van der Waals surface area contributed by atoms with Crippen LogP contribution >= 0.6 is 23.1 Å². The van der Waals surface area contributed by atoms with Gasteiger partial charge in [0, 0.05) is 5.56 Å². The number of carbonyl (C=O) groups is 1. The Bertz CT molecular complexity index is 1170. The number of ketones is 1.